The Bertz CT molecular complexity index is 317. The molecule has 0 amide bonds. The Morgan fingerprint density at radius 2 is 2.36 bits per heavy atom. The van der Waals surface area contributed by atoms with E-state index in [1.54, 1.807) is 6.07 Å². The minimum absolute atomic E-state index is 0.204. The number of carbonyl (C=O) groups is 1. The van der Waals surface area contributed by atoms with Gasteiger partial charge in [0.25, 0.3) is 0 Å². The van der Waals surface area contributed by atoms with Crippen molar-refractivity contribution in [1.29, 1.82) is 0 Å². The molecule has 5 heteroatoms. The number of aliphatic carboxylic acids is 1. The number of thioether (sulfide) groups is 1. The van der Waals surface area contributed by atoms with E-state index in [4.69, 9.17) is 10.8 Å². The van der Waals surface area contributed by atoms with Crippen LogP contribution in [0.4, 0.5) is 5.82 Å². The smallest absolute Gasteiger partial charge is 0.303 e. The number of nitrogen functional groups attached to an aromatic ring is 1. The average molecular weight is 212 g/mol. The summed E-state index contributed by atoms with van der Waals surface area (Å²) in [4.78, 5) is 14.3. The highest BCUT2D eigenvalue weighted by Gasteiger charge is 1.99. The predicted molar refractivity (Wildman–Crippen MR) is 56.2 cm³/mol. The van der Waals surface area contributed by atoms with Gasteiger partial charge in [-0.05, 0) is 18.6 Å². The third kappa shape index (κ3) is 4.13. The van der Waals surface area contributed by atoms with Crippen LogP contribution in [0.25, 0.3) is 0 Å². The number of nitrogens with zero attached hydrogens (tertiary/aromatic N) is 1. The van der Waals surface area contributed by atoms with Gasteiger partial charge in [0.2, 0.25) is 0 Å². The molecule has 0 atom stereocenters. The molecule has 4 nitrogen and oxygen atoms in total. The number of anilines is 1. The van der Waals surface area contributed by atoms with Crippen LogP contribution in [0.3, 0.4) is 0 Å². The molecule has 0 radical (unpaired) electrons. The number of rotatable bonds is 5. The minimum Gasteiger partial charge on any atom is -0.481 e. The van der Waals surface area contributed by atoms with E-state index in [0.29, 0.717) is 12.2 Å². The molecule has 0 unspecified atom stereocenters. The van der Waals surface area contributed by atoms with Crippen LogP contribution in [-0.2, 0) is 4.79 Å². The topological polar surface area (TPSA) is 76.2 Å². The van der Waals surface area contributed by atoms with Crippen molar-refractivity contribution in [2.45, 2.75) is 17.9 Å². The summed E-state index contributed by atoms with van der Waals surface area (Å²) >= 11 is 1.52. The molecule has 0 aliphatic heterocycles. The number of hydrogen-bond acceptors (Lipinski definition) is 4. The third-order valence-electron chi connectivity index (χ3n) is 1.53. The van der Waals surface area contributed by atoms with Gasteiger partial charge in [-0.15, -0.1) is 11.8 Å². The fraction of sp³-hybridized carbons (Fsp3) is 0.333. The first-order chi connectivity index (χ1) is 6.68. The summed E-state index contributed by atoms with van der Waals surface area (Å²) in [6.07, 6.45) is 0.853. The summed E-state index contributed by atoms with van der Waals surface area (Å²) in [6.45, 7) is 0. The summed E-state index contributed by atoms with van der Waals surface area (Å²) in [5.41, 5.74) is 5.49. The first kappa shape index (κ1) is 10.8. The second-order valence-corrected chi connectivity index (χ2v) is 3.86. The number of nitrogens with two attached hydrogens (primary N) is 1. The van der Waals surface area contributed by atoms with Crippen molar-refractivity contribution in [2.24, 2.45) is 0 Å². The van der Waals surface area contributed by atoms with Crippen molar-refractivity contribution in [3.8, 4) is 0 Å². The molecule has 1 aromatic rings. The van der Waals surface area contributed by atoms with Crippen LogP contribution in [0.5, 0.6) is 0 Å². The molecule has 1 heterocycles. The standard InChI is InChI=1S/C9H12N2O2S/c10-7-3-1-4-8(11-7)14-6-2-5-9(12)13/h1,3-4H,2,5-6H2,(H2,10,11)(H,12,13). The van der Waals surface area contributed by atoms with E-state index >= 15 is 0 Å². The molecule has 1 rings (SSSR count). The third-order valence-corrected chi connectivity index (χ3v) is 2.55. The molecule has 0 saturated carbocycles. The van der Waals surface area contributed by atoms with Crippen LogP contribution < -0.4 is 5.73 Å². The molecule has 0 fully saturated rings. The molecule has 0 aliphatic carbocycles. The second-order valence-electron chi connectivity index (χ2n) is 2.75. The Morgan fingerprint density at radius 3 is 3.00 bits per heavy atom. The lowest BCUT2D eigenvalue weighted by Gasteiger charge is -1.99. The van der Waals surface area contributed by atoms with E-state index < -0.39 is 5.97 Å². The first-order valence-electron chi connectivity index (χ1n) is 4.25. The van der Waals surface area contributed by atoms with Crippen molar-refractivity contribution in [3.63, 3.8) is 0 Å². The van der Waals surface area contributed by atoms with Gasteiger partial charge in [0.15, 0.2) is 0 Å². The highest BCUT2D eigenvalue weighted by molar-refractivity contribution is 7.99. The maximum atomic E-state index is 10.2. The van der Waals surface area contributed by atoms with Gasteiger partial charge in [0.05, 0.1) is 5.03 Å². The molecular weight excluding hydrogens is 200 g/mol. The zero-order valence-electron chi connectivity index (χ0n) is 7.64. The van der Waals surface area contributed by atoms with Crippen LogP contribution in [0.15, 0.2) is 23.2 Å². The van der Waals surface area contributed by atoms with E-state index in [0.717, 1.165) is 10.8 Å². The van der Waals surface area contributed by atoms with Crippen molar-refractivity contribution in [1.82, 2.24) is 4.98 Å². The first-order valence-corrected chi connectivity index (χ1v) is 5.24. The van der Waals surface area contributed by atoms with Crippen LogP contribution in [0.1, 0.15) is 12.8 Å². The monoisotopic (exact) mass is 212 g/mol. The highest BCUT2D eigenvalue weighted by atomic mass is 32.2. The van der Waals surface area contributed by atoms with Gasteiger partial charge in [-0.2, -0.15) is 0 Å². The van der Waals surface area contributed by atoms with E-state index in [2.05, 4.69) is 4.98 Å². The molecule has 14 heavy (non-hydrogen) atoms. The maximum absolute atomic E-state index is 10.2. The Kier molecular flexibility index (Phi) is 4.25. The Morgan fingerprint density at radius 1 is 1.57 bits per heavy atom. The van der Waals surface area contributed by atoms with Crippen molar-refractivity contribution < 1.29 is 9.90 Å². The Hall–Kier alpha value is -1.23. The van der Waals surface area contributed by atoms with Crippen LogP contribution in [-0.4, -0.2) is 21.8 Å². The molecule has 3 N–H and O–H groups in total. The molecule has 1 aromatic heterocycles. The number of carboxylic acid groups (broad SMARTS) is 1. The van der Waals surface area contributed by atoms with Crippen molar-refractivity contribution in [2.75, 3.05) is 11.5 Å². The van der Waals surface area contributed by atoms with Gasteiger partial charge in [0, 0.05) is 12.2 Å². The zero-order valence-corrected chi connectivity index (χ0v) is 8.46. The Balaban J connectivity index is 2.28. The molecule has 0 aromatic carbocycles. The molecule has 0 saturated heterocycles. The molecular formula is C9H12N2O2S. The summed E-state index contributed by atoms with van der Waals surface area (Å²) in [7, 11) is 0. The average Bonchev–Trinajstić information content (AvgIpc) is 2.12. The van der Waals surface area contributed by atoms with Crippen molar-refractivity contribution in [3.05, 3.63) is 18.2 Å². The summed E-state index contributed by atoms with van der Waals surface area (Å²) in [6, 6.07) is 5.42. The lowest BCUT2D eigenvalue weighted by atomic mass is 10.3. The number of hydrogen-bond donors (Lipinski definition) is 2. The normalized spacial score (nSPS) is 10.0. The predicted octanol–water partition coefficient (Wildman–Crippen LogP) is 1.62. The summed E-state index contributed by atoms with van der Waals surface area (Å²) < 4.78 is 0. The van der Waals surface area contributed by atoms with E-state index in [-0.39, 0.29) is 6.42 Å². The van der Waals surface area contributed by atoms with Gasteiger partial charge in [-0.25, -0.2) is 4.98 Å². The zero-order chi connectivity index (χ0) is 10.4. The summed E-state index contributed by atoms with van der Waals surface area (Å²) in [5, 5.41) is 9.25. The van der Waals surface area contributed by atoms with Gasteiger partial charge < -0.3 is 10.8 Å². The van der Waals surface area contributed by atoms with Gasteiger partial charge >= 0.3 is 5.97 Å². The van der Waals surface area contributed by atoms with Gasteiger partial charge in [0.1, 0.15) is 5.82 Å². The quantitative estimate of drug-likeness (QED) is 0.573. The summed E-state index contributed by atoms with van der Waals surface area (Å²) in [5.74, 6) is 0.488. The molecule has 0 bridgehead atoms. The van der Waals surface area contributed by atoms with E-state index in [9.17, 15) is 4.79 Å². The minimum atomic E-state index is -0.758. The van der Waals surface area contributed by atoms with Crippen LogP contribution >= 0.6 is 11.8 Å². The SMILES string of the molecule is Nc1cccc(SCCCC(=O)O)n1. The number of pyridine rings is 1. The molecule has 0 aliphatic rings. The van der Waals surface area contributed by atoms with Crippen LogP contribution in [0.2, 0.25) is 0 Å². The maximum Gasteiger partial charge on any atom is 0.303 e. The number of carboxylic acids is 1. The lowest BCUT2D eigenvalue weighted by Crippen LogP contribution is -1.95. The largest absolute Gasteiger partial charge is 0.481 e. The number of aromatic nitrogens is 1. The van der Waals surface area contributed by atoms with Gasteiger partial charge in [-0.1, -0.05) is 6.07 Å². The van der Waals surface area contributed by atoms with Crippen LogP contribution in [0, 0.1) is 0 Å². The second kappa shape index (κ2) is 5.49. The molecule has 76 valence electrons. The van der Waals surface area contributed by atoms with E-state index in [1.165, 1.54) is 11.8 Å². The van der Waals surface area contributed by atoms with Gasteiger partial charge in [-0.3, -0.25) is 4.79 Å². The fourth-order valence-electron chi connectivity index (χ4n) is 0.911. The fourth-order valence-corrected chi connectivity index (χ4v) is 1.75. The van der Waals surface area contributed by atoms with Crippen molar-refractivity contribution >= 4 is 23.5 Å². The molecule has 0 spiro atoms. The lowest BCUT2D eigenvalue weighted by molar-refractivity contribution is -0.137. The Labute approximate surface area is 86.5 Å². The van der Waals surface area contributed by atoms with E-state index in [1.807, 2.05) is 12.1 Å². The highest BCUT2D eigenvalue weighted by Crippen LogP contribution is 2.17.